The molecule has 142 valence electrons. The summed E-state index contributed by atoms with van der Waals surface area (Å²) in [7, 11) is 2.01. The maximum Gasteiger partial charge on any atom is 0.416 e. The van der Waals surface area contributed by atoms with Crippen LogP contribution in [0, 0.1) is 0 Å². The SMILES string of the molecule is CNC1CC1.FC(F)(F)c1cccc(OCCCCc2ccccc2)c1. The average molecular weight is 365 g/mol. The number of rotatable bonds is 7. The van der Waals surface area contributed by atoms with Gasteiger partial charge >= 0.3 is 6.18 Å². The Morgan fingerprint density at radius 3 is 2.31 bits per heavy atom. The van der Waals surface area contributed by atoms with Gasteiger partial charge in [0.1, 0.15) is 5.75 Å². The number of halogens is 3. The largest absolute Gasteiger partial charge is 0.494 e. The first-order valence-electron chi connectivity index (χ1n) is 9.00. The van der Waals surface area contributed by atoms with E-state index < -0.39 is 11.7 Å². The molecule has 2 aromatic rings. The van der Waals surface area contributed by atoms with Crippen molar-refractivity contribution in [2.75, 3.05) is 13.7 Å². The minimum atomic E-state index is -4.33. The lowest BCUT2D eigenvalue weighted by molar-refractivity contribution is -0.137. The fourth-order valence-electron chi connectivity index (χ4n) is 2.40. The number of ether oxygens (including phenoxy) is 1. The molecule has 0 saturated heterocycles. The van der Waals surface area contributed by atoms with Gasteiger partial charge in [-0.05, 0) is 62.9 Å². The summed E-state index contributed by atoms with van der Waals surface area (Å²) in [5.41, 5.74) is 0.584. The molecule has 1 aliphatic carbocycles. The van der Waals surface area contributed by atoms with Gasteiger partial charge in [0.2, 0.25) is 0 Å². The van der Waals surface area contributed by atoms with Crippen molar-refractivity contribution in [3.63, 3.8) is 0 Å². The highest BCUT2D eigenvalue weighted by atomic mass is 19.4. The van der Waals surface area contributed by atoms with E-state index in [4.69, 9.17) is 4.74 Å². The van der Waals surface area contributed by atoms with Gasteiger partial charge in [-0.1, -0.05) is 36.4 Å². The van der Waals surface area contributed by atoms with Crippen LogP contribution in [0.5, 0.6) is 5.75 Å². The molecule has 5 heteroatoms. The van der Waals surface area contributed by atoms with Gasteiger partial charge in [0.25, 0.3) is 0 Å². The third kappa shape index (κ3) is 7.91. The molecule has 0 amide bonds. The van der Waals surface area contributed by atoms with Crippen molar-refractivity contribution in [2.24, 2.45) is 0 Å². The summed E-state index contributed by atoms with van der Waals surface area (Å²) in [6.07, 6.45) is 1.18. The smallest absolute Gasteiger partial charge is 0.416 e. The van der Waals surface area contributed by atoms with E-state index in [1.54, 1.807) is 6.07 Å². The highest BCUT2D eigenvalue weighted by Crippen LogP contribution is 2.31. The number of benzene rings is 2. The van der Waals surface area contributed by atoms with Gasteiger partial charge in [0.05, 0.1) is 12.2 Å². The normalized spacial score (nSPS) is 13.7. The Bertz CT molecular complexity index is 639. The molecular weight excluding hydrogens is 339 g/mol. The maximum absolute atomic E-state index is 12.5. The molecule has 2 nitrogen and oxygen atoms in total. The molecule has 0 atom stereocenters. The number of nitrogens with one attached hydrogen (secondary N) is 1. The second kappa shape index (κ2) is 10.2. The van der Waals surface area contributed by atoms with Crippen molar-refractivity contribution in [3.8, 4) is 5.75 Å². The van der Waals surface area contributed by atoms with Crippen molar-refractivity contribution in [1.29, 1.82) is 0 Å². The predicted molar refractivity (Wildman–Crippen MR) is 98.4 cm³/mol. The summed E-state index contributed by atoms with van der Waals surface area (Å²) in [6.45, 7) is 0.425. The Hall–Kier alpha value is -2.01. The first-order chi connectivity index (χ1) is 12.5. The van der Waals surface area contributed by atoms with Crippen LogP contribution in [0.3, 0.4) is 0 Å². The zero-order chi connectivity index (χ0) is 18.8. The highest BCUT2D eigenvalue weighted by Gasteiger charge is 2.30. The van der Waals surface area contributed by atoms with Crippen molar-refractivity contribution >= 4 is 0 Å². The van der Waals surface area contributed by atoms with Gasteiger partial charge in [0.15, 0.2) is 0 Å². The van der Waals surface area contributed by atoms with E-state index in [2.05, 4.69) is 17.4 Å². The summed E-state index contributed by atoms with van der Waals surface area (Å²) in [4.78, 5) is 0. The molecule has 1 fully saturated rings. The summed E-state index contributed by atoms with van der Waals surface area (Å²) in [6, 6.07) is 16.0. The zero-order valence-electron chi connectivity index (χ0n) is 15.1. The van der Waals surface area contributed by atoms with Crippen molar-refractivity contribution in [3.05, 3.63) is 65.7 Å². The minimum Gasteiger partial charge on any atom is -0.494 e. The van der Waals surface area contributed by atoms with E-state index in [9.17, 15) is 13.2 Å². The molecule has 1 saturated carbocycles. The number of alkyl halides is 3. The van der Waals surface area contributed by atoms with E-state index in [0.717, 1.165) is 37.4 Å². The first-order valence-corrected chi connectivity index (χ1v) is 9.00. The second-order valence-corrected chi connectivity index (χ2v) is 6.38. The van der Waals surface area contributed by atoms with Crippen LogP contribution < -0.4 is 10.1 Å². The number of unbranched alkanes of at least 4 members (excludes halogenated alkanes) is 1. The van der Waals surface area contributed by atoms with Crippen molar-refractivity contribution in [2.45, 2.75) is 44.3 Å². The standard InChI is InChI=1S/C17H17F3O.C4H9N/c18-17(19,20)15-10-6-11-16(13-15)21-12-5-4-9-14-7-2-1-3-8-14;1-5-4-2-3-4/h1-3,6-8,10-11,13H,4-5,9,12H2;4-5H,2-3H2,1H3. The lowest BCUT2D eigenvalue weighted by Gasteiger charge is -2.10. The first kappa shape index (κ1) is 20.3. The maximum atomic E-state index is 12.5. The fourth-order valence-corrected chi connectivity index (χ4v) is 2.40. The lowest BCUT2D eigenvalue weighted by atomic mass is 10.1. The van der Waals surface area contributed by atoms with Gasteiger partial charge < -0.3 is 10.1 Å². The van der Waals surface area contributed by atoms with Crippen LogP contribution in [-0.2, 0) is 12.6 Å². The molecule has 0 heterocycles. The van der Waals surface area contributed by atoms with E-state index in [1.165, 1.54) is 24.5 Å². The number of hydrogen-bond donors (Lipinski definition) is 1. The van der Waals surface area contributed by atoms with Crippen LogP contribution in [0.4, 0.5) is 13.2 Å². The Morgan fingerprint density at radius 2 is 1.73 bits per heavy atom. The van der Waals surface area contributed by atoms with Gasteiger partial charge in [-0.15, -0.1) is 0 Å². The molecule has 0 aliphatic heterocycles. The molecule has 0 unspecified atom stereocenters. The van der Waals surface area contributed by atoms with Crippen LogP contribution >= 0.6 is 0 Å². The van der Waals surface area contributed by atoms with E-state index >= 15 is 0 Å². The molecule has 1 aliphatic rings. The quantitative estimate of drug-likeness (QED) is 0.657. The Kier molecular flexibility index (Phi) is 7.98. The molecule has 1 N–H and O–H groups in total. The predicted octanol–water partition coefficient (Wildman–Crippen LogP) is 5.48. The van der Waals surface area contributed by atoms with Gasteiger partial charge in [0, 0.05) is 6.04 Å². The third-order valence-electron chi connectivity index (χ3n) is 4.12. The van der Waals surface area contributed by atoms with Gasteiger partial charge in [-0.25, -0.2) is 0 Å². The fraction of sp³-hybridized carbons (Fsp3) is 0.429. The third-order valence-corrected chi connectivity index (χ3v) is 4.12. The number of aryl methyl sites for hydroxylation is 1. The molecule has 0 bridgehead atoms. The van der Waals surface area contributed by atoms with Crippen LogP contribution in [0.1, 0.15) is 36.8 Å². The Balaban J connectivity index is 0.000000417. The summed E-state index contributed by atoms with van der Waals surface area (Å²) < 4.78 is 43.0. The summed E-state index contributed by atoms with van der Waals surface area (Å²) in [5.74, 6) is 0.268. The molecule has 3 rings (SSSR count). The van der Waals surface area contributed by atoms with Gasteiger partial charge in [-0.3, -0.25) is 0 Å². The monoisotopic (exact) mass is 365 g/mol. The molecule has 0 radical (unpaired) electrons. The Morgan fingerprint density at radius 1 is 1.00 bits per heavy atom. The van der Waals surface area contributed by atoms with Crippen molar-refractivity contribution in [1.82, 2.24) is 5.32 Å². The van der Waals surface area contributed by atoms with E-state index in [-0.39, 0.29) is 5.75 Å². The molecule has 0 aromatic heterocycles. The van der Waals surface area contributed by atoms with Crippen molar-refractivity contribution < 1.29 is 17.9 Å². The molecule has 26 heavy (non-hydrogen) atoms. The van der Waals surface area contributed by atoms with Crippen LogP contribution in [0.2, 0.25) is 0 Å². The number of hydrogen-bond acceptors (Lipinski definition) is 2. The van der Waals surface area contributed by atoms with E-state index in [1.807, 2.05) is 25.2 Å². The van der Waals surface area contributed by atoms with Gasteiger partial charge in [-0.2, -0.15) is 13.2 Å². The molecule has 2 aromatic carbocycles. The summed E-state index contributed by atoms with van der Waals surface area (Å²) in [5, 5.41) is 3.14. The molecular formula is C21H26F3NO. The Labute approximate surface area is 153 Å². The zero-order valence-corrected chi connectivity index (χ0v) is 15.1. The van der Waals surface area contributed by atoms with E-state index in [0.29, 0.717) is 6.61 Å². The van der Waals surface area contributed by atoms with Crippen LogP contribution in [-0.4, -0.2) is 19.7 Å². The topological polar surface area (TPSA) is 21.3 Å². The minimum absolute atomic E-state index is 0.268. The highest BCUT2D eigenvalue weighted by molar-refractivity contribution is 5.30. The lowest BCUT2D eigenvalue weighted by Crippen LogP contribution is -2.06. The second-order valence-electron chi connectivity index (χ2n) is 6.38. The summed E-state index contributed by atoms with van der Waals surface area (Å²) >= 11 is 0. The van der Waals surface area contributed by atoms with Crippen LogP contribution in [0.25, 0.3) is 0 Å². The van der Waals surface area contributed by atoms with Crippen LogP contribution in [0.15, 0.2) is 54.6 Å². The average Bonchev–Trinajstić information content (AvgIpc) is 3.47. The molecule has 0 spiro atoms.